The summed E-state index contributed by atoms with van der Waals surface area (Å²) < 4.78 is 38.4. The van der Waals surface area contributed by atoms with Crippen molar-refractivity contribution in [2.45, 2.75) is 25.9 Å². The molecule has 0 bridgehead atoms. The Labute approximate surface area is 94.6 Å². The van der Waals surface area contributed by atoms with E-state index in [-0.39, 0.29) is 5.92 Å². The standard InChI is InChI=1S/C10H10F3I/c1-6(2)8-4-3-7(14)5-9(8)10(11,12)13/h3-6H,1-2H3. The molecule has 1 aromatic rings. The Kier molecular flexibility index (Phi) is 3.44. The molecule has 4 heteroatoms. The number of benzene rings is 1. The molecule has 0 aliphatic carbocycles. The van der Waals surface area contributed by atoms with Gasteiger partial charge < -0.3 is 0 Å². The number of hydrogen-bond donors (Lipinski definition) is 0. The first-order valence-electron chi connectivity index (χ1n) is 4.19. The number of alkyl halides is 3. The molecular formula is C10H10F3I. The molecule has 0 nitrogen and oxygen atoms in total. The summed E-state index contributed by atoms with van der Waals surface area (Å²) in [7, 11) is 0. The first-order valence-corrected chi connectivity index (χ1v) is 5.27. The molecule has 78 valence electrons. The molecule has 0 saturated carbocycles. The summed E-state index contributed by atoms with van der Waals surface area (Å²) in [5, 5.41) is 0. The number of halogens is 4. The van der Waals surface area contributed by atoms with Gasteiger partial charge in [-0.2, -0.15) is 13.2 Å². The van der Waals surface area contributed by atoms with Crippen molar-refractivity contribution in [2.75, 3.05) is 0 Å². The highest BCUT2D eigenvalue weighted by Gasteiger charge is 2.33. The molecule has 1 rings (SSSR count). The van der Waals surface area contributed by atoms with Gasteiger partial charge in [0.1, 0.15) is 0 Å². The first kappa shape index (κ1) is 11.8. The maximum Gasteiger partial charge on any atom is 0.416 e. The van der Waals surface area contributed by atoms with Crippen molar-refractivity contribution < 1.29 is 13.2 Å². The van der Waals surface area contributed by atoms with Crippen molar-refractivity contribution in [3.05, 3.63) is 32.9 Å². The van der Waals surface area contributed by atoms with E-state index in [0.29, 0.717) is 9.13 Å². The van der Waals surface area contributed by atoms with Crippen molar-refractivity contribution in [2.24, 2.45) is 0 Å². The molecule has 0 aliphatic rings. The van der Waals surface area contributed by atoms with Gasteiger partial charge in [-0.25, -0.2) is 0 Å². The van der Waals surface area contributed by atoms with Crippen molar-refractivity contribution in [1.82, 2.24) is 0 Å². The third kappa shape index (κ3) is 2.62. The van der Waals surface area contributed by atoms with Gasteiger partial charge in [0.05, 0.1) is 5.56 Å². The van der Waals surface area contributed by atoms with Crippen LogP contribution in [-0.2, 0) is 6.18 Å². The quantitative estimate of drug-likeness (QED) is 0.673. The van der Waals surface area contributed by atoms with E-state index in [9.17, 15) is 13.2 Å². The fourth-order valence-electron chi connectivity index (χ4n) is 1.28. The van der Waals surface area contributed by atoms with E-state index in [1.807, 2.05) is 22.6 Å². The van der Waals surface area contributed by atoms with Gasteiger partial charge in [-0.1, -0.05) is 19.9 Å². The molecule has 0 atom stereocenters. The number of rotatable bonds is 1. The van der Waals surface area contributed by atoms with Crippen molar-refractivity contribution in [3.63, 3.8) is 0 Å². The fraction of sp³-hybridized carbons (Fsp3) is 0.400. The molecule has 0 amide bonds. The lowest BCUT2D eigenvalue weighted by atomic mass is 9.97. The zero-order chi connectivity index (χ0) is 10.9. The van der Waals surface area contributed by atoms with Crippen LogP contribution in [0.25, 0.3) is 0 Å². The van der Waals surface area contributed by atoms with Crippen LogP contribution in [0, 0.1) is 3.57 Å². The van der Waals surface area contributed by atoms with Crippen LogP contribution in [-0.4, -0.2) is 0 Å². The van der Waals surface area contributed by atoms with E-state index in [1.54, 1.807) is 26.0 Å². The van der Waals surface area contributed by atoms with Gasteiger partial charge in [-0.3, -0.25) is 0 Å². The van der Waals surface area contributed by atoms with Gasteiger partial charge in [0, 0.05) is 3.57 Å². The molecule has 1 aromatic carbocycles. The Bertz CT molecular complexity index is 329. The highest BCUT2D eigenvalue weighted by Crippen LogP contribution is 2.35. The lowest BCUT2D eigenvalue weighted by Crippen LogP contribution is -2.10. The third-order valence-electron chi connectivity index (χ3n) is 1.94. The lowest BCUT2D eigenvalue weighted by Gasteiger charge is -2.15. The summed E-state index contributed by atoms with van der Waals surface area (Å²) in [4.78, 5) is 0. The fourth-order valence-corrected chi connectivity index (χ4v) is 1.77. The van der Waals surface area contributed by atoms with Crippen LogP contribution in [0.4, 0.5) is 13.2 Å². The molecule has 14 heavy (non-hydrogen) atoms. The number of hydrogen-bond acceptors (Lipinski definition) is 0. The van der Waals surface area contributed by atoms with Crippen LogP contribution in [0.1, 0.15) is 30.9 Å². The minimum Gasteiger partial charge on any atom is -0.166 e. The predicted octanol–water partition coefficient (Wildman–Crippen LogP) is 4.43. The Balaban J connectivity index is 3.30. The smallest absolute Gasteiger partial charge is 0.166 e. The van der Waals surface area contributed by atoms with Gasteiger partial charge in [-0.15, -0.1) is 0 Å². The molecule has 0 unspecified atom stereocenters. The molecule has 0 saturated heterocycles. The second-order valence-electron chi connectivity index (χ2n) is 3.38. The van der Waals surface area contributed by atoms with Gasteiger partial charge in [0.15, 0.2) is 0 Å². The lowest BCUT2D eigenvalue weighted by molar-refractivity contribution is -0.138. The zero-order valence-corrected chi connectivity index (χ0v) is 9.98. The average molecular weight is 314 g/mol. The minimum atomic E-state index is -4.25. The summed E-state index contributed by atoms with van der Waals surface area (Å²) >= 11 is 1.89. The van der Waals surface area contributed by atoms with E-state index in [2.05, 4.69) is 0 Å². The van der Waals surface area contributed by atoms with E-state index < -0.39 is 11.7 Å². The Morgan fingerprint density at radius 1 is 1.21 bits per heavy atom. The van der Waals surface area contributed by atoms with E-state index in [0.717, 1.165) is 0 Å². The maximum absolute atomic E-state index is 12.6. The highest BCUT2D eigenvalue weighted by atomic mass is 127. The zero-order valence-electron chi connectivity index (χ0n) is 7.82. The molecule has 0 heterocycles. The summed E-state index contributed by atoms with van der Waals surface area (Å²) in [6, 6.07) is 4.44. The Morgan fingerprint density at radius 2 is 1.79 bits per heavy atom. The van der Waals surface area contributed by atoms with Crippen LogP contribution in [0.5, 0.6) is 0 Å². The van der Waals surface area contributed by atoms with Gasteiger partial charge in [0.25, 0.3) is 0 Å². The summed E-state index contributed by atoms with van der Waals surface area (Å²) in [5.74, 6) is -0.108. The van der Waals surface area contributed by atoms with E-state index in [1.165, 1.54) is 6.07 Å². The Morgan fingerprint density at radius 3 is 2.21 bits per heavy atom. The van der Waals surface area contributed by atoms with Gasteiger partial charge in [-0.05, 0) is 46.2 Å². The van der Waals surface area contributed by atoms with Crippen LogP contribution >= 0.6 is 22.6 Å². The van der Waals surface area contributed by atoms with Crippen molar-refractivity contribution in [3.8, 4) is 0 Å². The summed E-state index contributed by atoms with van der Waals surface area (Å²) in [5.41, 5.74) is -0.155. The van der Waals surface area contributed by atoms with Crippen LogP contribution in [0.3, 0.4) is 0 Å². The normalized spacial score (nSPS) is 12.2. The monoisotopic (exact) mass is 314 g/mol. The summed E-state index contributed by atoms with van der Waals surface area (Å²) in [6.45, 7) is 3.52. The van der Waals surface area contributed by atoms with Crippen molar-refractivity contribution in [1.29, 1.82) is 0 Å². The van der Waals surface area contributed by atoms with Crippen LogP contribution in [0.15, 0.2) is 18.2 Å². The van der Waals surface area contributed by atoms with Crippen molar-refractivity contribution >= 4 is 22.6 Å². The minimum absolute atomic E-state index is 0.108. The molecule has 0 spiro atoms. The second kappa shape index (κ2) is 4.08. The molecule has 0 radical (unpaired) electrons. The molecule has 0 N–H and O–H groups in total. The molecule has 0 fully saturated rings. The second-order valence-corrected chi connectivity index (χ2v) is 4.63. The molecular weight excluding hydrogens is 304 g/mol. The molecule has 0 aromatic heterocycles. The SMILES string of the molecule is CC(C)c1ccc(I)cc1C(F)(F)F. The van der Waals surface area contributed by atoms with E-state index in [4.69, 9.17) is 0 Å². The largest absolute Gasteiger partial charge is 0.416 e. The third-order valence-corrected chi connectivity index (χ3v) is 2.61. The molecule has 0 aliphatic heterocycles. The Hall–Kier alpha value is -0.260. The van der Waals surface area contributed by atoms with Gasteiger partial charge in [0.2, 0.25) is 0 Å². The van der Waals surface area contributed by atoms with E-state index >= 15 is 0 Å². The maximum atomic E-state index is 12.6. The van der Waals surface area contributed by atoms with Gasteiger partial charge >= 0.3 is 6.18 Å². The highest BCUT2D eigenvalue weighted by molar-refractivity contribution is 14.1. The average Bonchev–Trinajstić information content (AvgIpc) is 2.01. The van der Waals surface area contributed by atoms with Crippen LogP contribution < -0.4 is 0 Å². The first-order chi connectivity index (χ1) is 6.32. The summed E-state index contributed by atoms with van der Waals surface area (Å²) in [6.07, 6.45) is -4.25. The topological polar surface area (TPSA) is 0 Å². The predicted molar refractivity (Wildman–Crippen MR) is 58.3 cm³/mol. The van der Waals surface area contributed by atoms with Crippen LogP contribution in [0.2, 0.25) is 0 Å².